The van der Waals surface area contributed by atoms with Crippen molar-refractivity contribution in [3.05, 3.63) is 65.7 Å². The summed E-state index contributed by atoms with van der Waals surface area (Å²) in [4.78, 5) is 27.1. The van der Waals surface area contributed by atoms with E-state index in [0.29, 0.717) is 25.3 Å². The van der Waals surface area contributed by atoms with Crippen LogP contribution in [-0.4, -0.2) is 49.2 Å². The van der Waals surface area contributed by atoms with Crippen molar-refractivity contribution in [3.63, 3.8) is 0 Å². The number of rotatable bonds is 8. The summed E-state index contributed by atoms with van der Waals surface area (Å²) in [6.45, 7) is 6.63. The summed E-state index contributed by atoms with van der Waals surface area (Å²) >= 11 is 0. The van der Waals surface area contributed by atoms with Crippen LogP contribution in [-0.2, 0) is 4.74 Å². The van der Waals surface area contributed by atoms with E-state index in [1.165, 1.54) is 0 Å². The number of likely N-dealkylation sites (tertiary alicyclic amines) is 1. The fraction of sp³-hybridized carbons (Fsp3) is 0.440. The molecule has 0 saturated carbocycles. The molecule has 0 aliphatic carbocycles. The van der Waals surface area contributed by atoms with Gasteiger partial charge in [-0.3, -0.25) is 4.79 Å². The second-order valence-electron chi connectivity index (χ2n) is 8.24. The van der Waals surface area contributed by atoms with Crippen LogP contribution in [0, 0.1) is 0 Å². The van der Waals surface area contributed by atoms with Gasteiger partial charge in [-0.05, 0) is 62.9 Å². The number of amides is 3. The molecule has 6 nitrogen and oxygen atoms in total. The summed E-state index contributed by atoms with van der Waals surface area (Å²) in [5.41, 5.74) is 2.56. The van der Waals surface area contributed by atoms with Gasteiger partial charge in [0.2, 0.25) is 0 Å². The van der Waals surface area contributed by atoms with Crippen molar-refractivity contribution in [1.29, 1.82) is 0 Å². The monoisotopic (exact) mass is 423 g/mol. The number of ether oxygens (including phenoxy) is 1. The second kappa shape index (κ2) is 11.5. The molecule has 1 atom stereocenters. The molecule has 0 aromatic heterocycles. The van der Waals surface area contributed by atoms with Gasteiger partial charge in [0.15, 0.2) is 0 Å². The molecule has 3 amide bonds. The fourth-order valence-electron chi connectivity index (χ4n) is 3.79. The van der Waals surface area contributed by atoms with E-state index in [9.17, 15) is 9.59 Å². The lowest BCUT2D eigenvalue weighted by Crippen LogP contribution is -2.41. The van der Waals surface area contributed by atoms with Gasteiger partial charge in [-0.1, -0.05) is 30.3 Å². The molecule has 2 aromatic carbocycles. The van der Waals surface area contributed by atoms with Gasteiger partial charge in [-0.25, -0.2) is 4.79 Å². The number of carbonyl (C=O) groups excluding carboxylic acids is 2. The highest BCUT2D eigenvalue weighted by atomic mass is 16.5. The number of nitrogens with one attached hydrogen (secondary N) is 2. The number of nitrogens with zero attached hydrogens (tertiary/aromatic N) is 1. The van der Waals surface area contributed by atoms with Crippen molar-refractivity contribution in [2.24, 2.45) is 0 Å². The van der Waals surface area contributed by atoms with Crippen molar-refractivity contribution < 1.29 is 14.3 Å². The molecule has 166 valence electrons. The number of benzene rings is 2. The quantitative estimate of drug-likeness (QED) is 0.608. The predicted octanol–water partition coefficient (Wildman–Crippen LogP) is 4.64. The smallest absolute Gasteiger partial charge is 0.321 e. The second-order valence-corrected chi connectivity index (χ2v) is 8.24. The molecular weight excluding hydrogens is 390 g/mol. The number of hydrogen-bond acceptors (Lipinski definition) is 3. The molecule has 1 heterocycles. The Hall–Kier alpha value is -2.86. The van der Waals surface area contributed by atoms with Crippen LogP contribution < -0.4 is 10.6 Å². The maximum Gasteiger partial charge on any atom is 0.321 e. The Labute approximate surface area is 185 Å². The van der Waals surface area contributed by atoms with E-state index in [4.69, 9.17) is 4.74 Å². The Morgan fingerprint density at radius 1 is 1.13 bits per heavy atom. The van der Waals surface area contributed by atoms with Crippen molar-refractivity contribution >= 4 is 17.6 Å². The first-order chi connectivity index (χ1) is 15.0. The first-order valence-electron chi connectivity index (χ1n) is 11.1. The molecular formula is C25H33N3O3. The summed E-state index contributed by atoms with van der Waals surface area (Å²) in [7, 11) is 0. The highest BCUT2D eigenvalue weighted by Gasteiger charge is 2.25. The Morgan fingerprint density at radius 2 is 1.94 bits per heavy atom. The van der Waals surface area contributed by atoms with Crippen LogP contribution >= 0.6 is 0 Å². The van der Waals surface area contributed by atoms with Gasteiger partial charge in [0.1, 0.15) is 0 Å². The van der Waals surface area contributed by atoms with Crippen LogP contribution in [0.25, 0.3) is 0 Å². The highest BCUT2D eigenvalue weighted by molar-refractivity contribution is 5.94. The maximum absolute atomic E-state index is 12.7. The molecule has 0 radical (unpaired) electrons. The van der Waals surface area contributed by atoms with Gasteiger partial charge >= 0.3 is 6.03 Å². The molecule has 31 heavy (non-hydrogen) atoms. The average Bonchev–Trinajstić information content (AvgIpc) is 2.79. The lowest BCUT2D eigenvalue weighted by molar-refractivity contribution is 0.0757. The standard InChI is InChI=1S/C25H33N3O3/c1-19(2)31-16-8-14-26-24(29)21-10-6-9-20(17-21)22-11-7-15-28(18-22)25(30)27-23-12-4-3-5-13-23/h3-6,9-10,12-13,17,19,22H,7-8,11,14-16,18H2,1-2H3,(H,26,29)(H,27,30)/t22-/m1/s1. The third-order valence-electron chi connectivity index (χ3n) is 5.41. The molecule has 1 saturated heterocycles. The van der Waals surface area contributed by atoms with Crippen molar-refractivity contribution in [1.82, 2.24) is 10.2 Å². The number of anilines is 1. The summed E-state index contributed by atoms with van der Waals surface area (Å²) in [5, 5.41) is 5.93. The SMILES string of the molecule is CC(C)OCCCNC(=O)c1cccc([C@@H]2CCCN(C(=O)Nc3ccccc3)C2)c1. The third kappa shape index (κ3) is 7.10. The van der Waals surface area contributed by atoms with E-state index < -0.39 is 0 Å². The summed E-state index contributed by atoms with van der Waals surface area (Å²) in [5.74, 6) is 0.156. The third-order valence-corrected chi connectivity index (χ3v) is 5.41. The Bertz CT molecular complexity index is 854. The molecule has 2 aromatic rings. The van der Waals surface area contributed by atoms with Gasteiger partial charge in [0, 0.05) is 43.4 Å². The van der Waals surface area contributed by atoms with E-state index in [2.05, 4.69) is 16.7 Å². The first-order valence-corrected chi connectivity index (χ1v) is 11.1. The zero-order valence-electron chi connectivity index (χ0n) is 18.5. The minimum Gasteiger partial charge on any atom is -0.379 e. The van der Waals surface area contributed by atoms with Gasteiger partial charge < -0.3 is 20.3 Å². The van der Waals surface area contributed by atoms with Gasteiger partial charge in [-0.15, -0.1) is 0 Å². The normalized spacial score (nSPS) is 16.2. The first kappa shape index (κ1) is 22.8. The predicted molar refractivity (Wildman–Crippen MR) is 123 cm³/mol. The Morgan fingerprint density at radius 3 is 2.71 bits per heavy atom. The van der Waals surface area contributed by atoms with Crippen LogP contribution in [0.3, 0.4) is 0 Å². The van der Waals surface area contributed by atoms with Gasteiger partial charge in [0.25, 0.3) is 5.91 Å². The molecule has 0 bridgehead atoms. The molecule has 1 fully saturated rings. The average molecular weight is 424 g/mol. The number of para-hydroxylation sites is 1. The zero-order valence-corrected chi connectivity index (χ0v) is 18.5. The van der Waals surface area contributed by atoms with E-state index in [-0.39, 0.29) is 24.0 Å². The fourth-order valence-corrected chi connectivity index (χ4v) is 3.79. The van der Waals surface area contributed by atoms with Crippen molar-refractivity contribution in [3.8, 4) is 0 Å². The van der Waals surface area contributed by atoms with Gasteiger partial charge in [-0.2, -0.15) is 0 Å². The molecule has 2 N–H and O–H groups in total. The molecule has 1 aliphatic rings. The molecule has 3 rings (SSSR count). The largest absolute Gasteiger partial charge is 0.379 e. The van der Waals surface area contributed by atoms with Crippen LogP contribution in [0.2, 0.25) is 0 Å². The van der Waals surface area contributed by atoms with E-state index in [0.717, 1.165) is 37.1 Å². The van der Waals surface area contributed by atoms with Crippen molar-refractivity contribution in [2.45, 2.75) is 45.1 Å². The number of piperidine rings is 1. The summed E-state index contributed by atoms with van der Waals surface area (Å²) in [6.07, 6.45) is 2.95. The molecule has 6 heteroatoms. The molecule has 0 spiro atoms. The maximum atomic E-state index is 12.7. The Balaban J connectivity index is 1.54. The Kier molecular flexibility index (Phi) is 8.47. The number of urea groups is 1. The lowest BCUT2D eigenvalue weighted by Gasteiger charge is -2.33. The molecule has 0 unspecified atom stereocenters. The van der Waals surface area contributed by atoms with Crippen LogP contribution in [0.4, 0.5) is 10.5 Å². The van der Waals surface area contributed by atoms with Crippen LogP contribution in [0.5, 0.6) is 0 Å². The highest BCUT2D eigenvalue weighted by Crippen LogP contribution is 2.28. The van der Waals surface area contributed by atoms with Crippen LogP contribution in [0.1, 0.15) is 54.9 Å². The lowest BCUT2D eigenvalue weighted by atomic mass is 9.89. The minimum atomic E-state index is -0.0755. The topological polar surface area (TPSA) is 70.7 Å². The summed E-state index contributed by atoms with van der Waals surface area (Å²) < 4.78 is 5.51. The van der Waals surface area contributed by atoms with Gasteiger partial charge in [0.05, 0.1) is 6.10 Å². The minimum absolute atomic E-state index is 0.0686. The number of hydrogen-bond donors (Lipinski definition) is 2. The summed E-state index contributed by atoms with van der Waals surface area (Å²) in [6, 6.07) is 17.2. The van der Waals surface area contributed by atoms with E-state index >= 15 is 0 Å². The van der Waals surface area contributed by atoms with Crippen LogP contribution in [0.15, 0.2) is 54.6 Å². The van der Waals surface area contributed by atoms with Crippen molar-refractivity contribution in [2.75, 3.05) is 31.6 Å². The number of carbonyl (C=O) groups is 2. The molecule has 1 aliphatic heterocycles. The van der Waals surface area contributed by atoms with E-state index in [1.807, 2.05) is 67.3 Å². The zero-order chi connectivity index (χ0) is 22.1. The van der Waals surface area contributed by atoms with E-state index in [1.54, 1.807) is 0 Å².